The Hall–Kier alpha value is -2.69. The third-order valence-electron chi connectivity index (χ3n) is 7.07. The van der Waals surface area contributed by atoms with Crippen LogP contribution in [-0.4, -0.2) is 62.5 Å². The first-order valence-electron chi connectivity index (χ1n) is 11.4. The van der Waals surface area contributed by atoms with Gasteiger partial charge in [-0.25, -0.2) is 4.79 Å². The van der Waals surface area contributed by atoms with Gasteiger partial charge in [-0.2, -0.15) is 13.2 Å². The highest BCUT2D eigenvalue weighted by atomic mass is 35.5. The lowest BCUT2D eigenvalue weighted by atomic mass is 9.74. The predicted molar refractivity (Wildman–Crippen MR) is 130 cm³/mol. The average Bonchev–Trinajstić information content (AvgIpc) is 2.84. The number of hydrogen-bond acceptors (Lipinski definition) is 5. The molecule has 0 unspecified atom stereocenters. The Morgan fingerprint density at radius 2 is 1.73 bits per heavy atom. The second-order valence-electron chi connectivity index (χ2n) is 8.96. The number of benzene rings is 2. The lowest BCUT2D eigenvalue weighted by Crippen LogP contribution is -2.62. The zero-order valence-corrected chi connectivity index (χ0v) is 21.5. The number of carbonyl (C=O) groups excluding carboxylic acids is 2. The molecule has 2 atom stereocenters. The normalized spacial score (nSPS) is 21.1. The summed E-state index contributed by atoms with van der Waals surface area (Å²) in [5.74, 6) is -1.05. The van der Waals surface area contributed by atoms with Gasteiger partial charge in [-0.1, -0.05) is 41.4 Å². The van der Waals surface area contributed by atoms with E-state index in [0.717, 1.165) is 29.7 Å². The van der Waals surface area contributed by atoms with Crippen molar-refractivity contribution in [2.24, 2.45) is 0 Å². The molecular formula is C25H25Cl2F3N2O5. The minimum Gasteiger partial charge on any atom is -0.496 e. The summed E-state index contributed by atoms with van der Waals surface area (Å²) < 4.78 is 59.8. The molecule has 37 heavy (non-hydrogen) atoms. The minimum absolute atomic E-state index is 0.0696. The number of para-hydroxylation sites is 1. The number of likely N-dealkylation sites (tertiary alicyclic amines) is 1. The number of hydrogen-bond donors (Lipinski definition) is 1. The number of alkyl halides is 3. The van der Waals surface area contributed by atoms with Crippen molar-refractivity contribution in [1.29, 1.82) is 0 Å². The third-order valence-corrected chi connectivity index (χ3v) is 7.50. The Bertz CT molecular complexity index is 1170. The van der Waals surface area contributed by atoms with Gasteiger partial charge in [-0.3, -0.25) is 4.79 Å². The molecule has 0 saturated carbocycles. The number of piperidine rings is 1. The third kappa shape index (κ3) is 4.82. The summed E-state index contributed by atoms with van der Waals surface area (Å²) >= 11 is 11.9. The van der Waals surface area contributed by atoms with E-state index in [0.29, 0.717) is 5.75 Å². The fourth-order valence-electron chi connectivity index (χ4n) is 5.26. The van der Waals surface area contributed by atoms with Gasteiger partial charge in [0.25, 0.3) is 11.5 Å². The van der Waals surface area contributed by atoms with Gasteiger partial charge < -0.3 is 24.4 Å². The molecular weight excluding hydrogens is 536 g/mol. The van der Waals surface area contributed by atoms with Crippen molar-refractivity contribution in [3.63, 3.8) is 0 Å². The van der Waals surface area contributed by atoms with E-state index >= 15 is 0 Å². The van der Waals surface area contributed by atoms with E-state index in [1.807, 2.05) is 18.2 Å². The van der Waals surface area contributed by atoms with Gasteiger partial charge in [0, 0.05) is 66.7 Å². The van der Waals surface area contributed by atoms with Crippen LogP contribution in [0.4, 0.5) is 18.0 Å². The van der Waals surface area contributed by atoms with Crippen LogP contribution in [0.2, 0.25) is 10.0 Å². The number of rotatable bonds is 5. The Balaban J connectivity index is 1.66. The molecule has 0 aliphatic carbocycles. The molecule has 1 spiro atoms. The lowest BCUT2D eigenvalue weighted by Gasteiger charge is -2.49. The Labute approximate surface area is 221 Å². The quantitative estimate of drug-likeness (QED) is 0.537. The Morgan fingerprint density at radius 3 is 2.30 bits per heavy atom. The summed E-state index contributed by atoms with van der Waals surface area (Å²) in [6.07, 6.45) is -5.52. The molecule has 12 heteroatoms. The van der Waals surface area contributed by atoms with E-state index in [1.54, 1.807) is 6.07 Å². The van der Waals surface area contributed by atoms with E-state index in [1.165, 1.54) is 13.2 Å². The molecule has 2 fully saturated rings. The molecule has 2 heterocycles. The van der Waals surface area contributed by atoms with Crippen molar-refractivity contribution in [3.8, 4) is 5.75 Å². The highest BCUT2D eigenvalue weighted by molar-refractivity contribution is 6.34. The van der Waals surface area contributed by atoms with Gasteiger partial charge in [0.15, 0.2) is 0 Å². The molecule has 4 rings (SSSR count). The zero-order valence-electron chi connectivity index (χ0n) is 20.0. The molecule has 0 bridgehead atoms. The Morgan fingerprint density at radius 1 is 1.11 bits per heavy atom. The zero-order chi connectivity index (χ0) is 27.0. The van der Waals surface area contributed by atoms with Crippen LogP contribution in [0, 0.1) is 0 Å². The number of methoxy groups -OCH3 is 2. The number of carbonyl (C=O) groups is 2. The summed E-state index contributed by atoms with van der Waals surface area (Å²) in [7, 11) is 2.34. The van der Waals surface area contributed by atoms with Gasteiger partial charge in [-0.15, -0.1) is 0 Å². The van der Waals surface area contributed by atoms with Crippen molar-refractivity contribution in [3.05, 3.63) is 63.6 Å². The summed E-state index contributed by atoms with van der Waals surface area (Å²) in [4.78, 5) is 26.9. The monoisotopic (exact) mass is 560 g/mol. The van der Waals surface area contributed by atoms with Gasteiger partial charge in [0.05, 0.1) is 7.11 Å². The molecule has 1 N–H and O–H groups in total. The van der Waals surface area contributed by atoms with Gasteiger partial charge in [-0.05, 0) is 24.3 Å². The fourth-order valence-corrected chi connectivity index (χ4v) is 5.78. The van der Waals surface area contributed by atoms with Crippen molar-refractivity contribution < 1.29 is 37.0 Å². The maximum absolute atomic E-state index is 14.5. The van der Waals surface area contributed by atoms with E-state index in [-0.39, 0.29) is 48.4 Å². The molecule has 2 aliphatic heterocycles. The van der Waals surface area contributed by atoms with Gasteiger partial charge in [0.2, 0.25) is 0 Å². The summed E-state index contributed by atoms with van der Waals surface area (Å²) in [6.45, 7) is 0.0409. The van der Waals surface area contributed by atoms with Crippen LogP contribution in [0.5, 0.6) is 5.75 Å². The van der Waals surface area contributed by atoms with Crippen LogP contribution < -0.4 is 10.1 Å². The van der Waals surface area contributed by atoms with Gasteiger partial charge >= 0.3 is 12.3 Å². The topological polar surface area (TPSA) is 77.1 Å². The standard InChI is InChI=1S/C25H25Cl2F3N2O5/c1-35-20-6-4-3-5-18(20)19-14-31-22(34)37-23(19)7-9-32(10-8-23)21(33)24(36-2,25(28,29)30)15-11-16(26)13-17(27)12-15/h3-6,11-13,19H,7-10,14H2,1-2H3,(H,31,34)/t19-,24-/m1/s1. The number of ether oxygens (including phenoxy) is 3. The van der Waals surface area contributed by atoms with E-state index in [4.69, 9.17) is 37.4 Å². The predicted octanol–water partition coefficient (Wildman–Crippen LogP) is 5.29. The van der Waals surface area contributed by atoms with Gasteiger partial charge in [0.1, 0.15) is 11.4 Å². The molecule has 2 amide bonds. The first-order valence-corrected chi connectivity index (χ1v) is 12.2. The molecule has 0 radical (unpaired) electrons. The molecule has 2 aromatic rings. The van der Waals surface area contributed by atoms with Crippen LogP contribution >= 0.6 is 23.2 Å². The van der Waals surface area contributed by atoms with Crippen molar-refractivity contribution >= 4 is 35.2 Å². The van der Waals surface area contributed by atoms with Crippen LogP contribution in [-0.2, 0) is 19.9 Å². The number of amides is 2. The SMILES string of the molecule is COc1ccccc1[C@H]1CNC(=O)OC12CCN(C(=O)[C@](OC)(c1cc(Cl)cc(Cl)c1)C(F)(F)F)CC2. The largest absolute Gasteiger partial charge is 0.496 e. The fraction of sp³-hybridized carbons (Fsp3) is 0.440. The summed E-state index contributed by atoms with van der Waals surface area (Å²) in [5, 5.41) is 2.54. The molecule has 2 aromatic carbocycles. The maximum atomic E-state index is 14.5. The molecule has 2 aliphatic rings. The number of alkyl carbamates (subject to hydrolysis) is 1. The van der Waals surface area contributed by atoms with Crippen molar-refractivity contribution in [2.45, 2.75) is 36.1 Å². The molecule has 7 nitrogen and oxygen atoms in total. The van der Waals surface area contributed by atoms with E-state index < -0.39 is 34.9 Å². The summed E-state index contributed by atoms with van der Waals surface area (Å²) in [6, 6.07) is 10.6. The first-order chi connectivity index (χ1) is 17.5. The Kier molecular flexibility index (Phi) is 7.56. The van der Waals surface area contributed by atoms with Crippen LogP contribution in [0.15, 0.2) is 42.5 Å². The minimum atomic E-state index is -5.12. The van der Waals surface area contributed by atoms with E-state index in [9.17, 15) is 22.8 Å². The van der Waals surface area contributed by atoms with Crippen LogP contribution in [0.1, 0.15) is 29.9 Å². The van der Waals surface area contributed by atoms with Crippen molar-refractivity contribution in [1.82, 2.24) is 10.2 Å². The van der Waals surface area contributed by atoms with Crippen molar-refractivity contribution in [2.75, 3.05) is 33.9 Å². The number of nitrogens with one attached hydrogen (secondary N) is 1. The molecule has 0 aromatic heterocycles. The maximum Gasteiger partial charge on any atom is 0.430 e. The van der Waals surface area contributed by atoms with Crippen LogP contribution in [0.25, 0.3) is 0 Å². The highest BCUT2D eigenvalue weighted by Crippen LogP contribution is 2.48. The first kappa shape index (κ1) is 27.3. The smallest absolute Gasteiger partial charge is 0.430 e. The summed E-state index contributed by atoms with van der Waals surface area (Å²) in [5.41, 5.74) is -4.09. The second-order valence-corrected chi connectivity index (χ2v) is 9.84. The molecule has 200 valence electrons. The van der Waals surface area contributed by atoms with E-state index in [2.05, 4.69) is 5.32 Å². The lowest BCUT2D eigenvalue weighted by molar-refractivity contribution is -0.271. The molecule has 2 saturated heterocycles. The average molecular weight is 561 g/mol. The van der Waals surface area contributed by atoms with Crippen LogP contribution in [0.3, 0.4) is 0 Å². The highest BCUT2D eigenvalue weighted by Gasteiger charge is 2.64. The number of halogens is 5. The second kappa shape index (κ2) is 10.2. The number of nitrogens with zero attached hydrogens (tertiary/aromatic N) is 1.